The lowest BCUT2D eigenvalue weighted by Crippen LogP contribution is -2.33. The van der Waals surface area contributed by atoms with Gasteiger partial charge in [0, 0.05) is 55.8 Å². The van der Waals surface area contributed by atoms with Crippen molar-refractivity contribution in [3.63, 3.8) is 0 Å². The molecule has 0 saturated carbocycles. The molecule has 432 valence electrons. The summed E-state index contributed by atoms with van der Waals surface area (Å²) in [4.78, 5) is 2.54. The molecule has 3 heterocycles. The molecule has 2 spiro atoms. The van der Waals surface area contributed by atoms with Crippen LogP contribution in [0.4, 0.5) is 17.1 Å². The van der Waals surface area contributed by atoms with Gasteiger partial charge in [-0.3, -0.25) is 0 Å². The number of anilines is 3. The molecule has 0 fully saturated rings. The molecule has 4 aliphatic rings. The van der Waals surface area contributed by atoms with Gasteiger partial charge in [0.05, 0.1) is 21.9 Å². The smallest absolute Gasteiger partial charge is 0.132 e. The van der Waals surface area contributed by atoms with E-state index in [1.54, 1.807) is 0 Å². The second-order valence-corrected chi connectivity index (χ2v) is 29.3. The van der Waals surface area contributed by atoms with E-state index in [-0.39, 0.29) is 21.7 Å². The van der Waals surface area contributed by atoms with Crippen molar-refractivity contribution >= 4 is 38.9 Å². The maximum Gasteiger partial charge on any atom is 0.132 e. The number of benzene rings is 11. The van der Waals surface area contributed by atoms with Crippen LogP contribution in [0.15, 0.2) is 231 Å². The molecular weight excluding hydrogens is 1070 g/mol. The van der Waals surface area contributed by atoms with Crippen molar-refractivity contribution in [2.24, 2.45) is 0 Å². The van der Waals surface area contributed by atoms with Crippen molar-refractivity contribution in [3.05, 3.63) is 297 Å². The SMILES string of the molecule is CC(C)(C)c1ccc2c(c1)C1(c3cc(C(C)(C)C)ccc3O2)c2ccccc2-c2ccc(N(c3cccc(-n4c5ccccc5c5ccccc54)c3)c3ccc4c(c3)C3(c5cc(C(C)(C)C)ccc5Oc5ccc(C(C)(C)C)cc53)c3ccccc3-4)cc21. The minimum atomic E-state index is -0.738. The quantitative estimate of drug-likeness (QED) is 0.176. The highest BCUT2D eigenvalue weighted by atomic mass is 16.5. The first-order valence-electron chi connectivity index (χ1n) is 31.5. The number of hydrogen-bond acceptors (Lipinski definition) is 3. The number of nitrogens with zero attached hydrogens (tertiary/aromatic N) is 2. The van der Waals surface area contributed by atoms with Crippen molar-refractivity contribution in [2.75, 3.05) is 4.90 Å². The van der Waals surface area contributed by atoms with Crippen LogP contribution in [0.1, 0.15) is 150 Å². The van der Waals surface area contributed by atoms with Gasteiger partial charge in [0.15, 0.2) is 0 Å². The lowest BCUT2D eigenvalue weighted by Gasteiger charge is -2.41. The molecule has 11 aromatic carbocycles. The number of rotatable bonds is 4. The molecule has 0 unspecified atom stereocenters. The fourth-order valence-corrected chi connectivity index (χ4v) is 15.4. The lowest BCUT2D eigenvalue weighted by molar-refractivity contribution is 0.433. The van der Waals surface area contributed by atoms with Crippen LogP contribution in [-0.2, 0) is 32.5 Å². The maximum absolute atomic E-state index is 7.16. The van der Waals surface area contributed by atoms with E-state index in [1.807, 2.05) is 0 Å². The van der Waals surface area contributed by atoms with Crippen LogP contribution in [0.3, 0.4) is 0 Å². The van der Waals surface area contributed by atoms with Crippen LogP contribution < -0.4 is 14.4 Å². The first-order valence-corrected chi connectivity index (χ1v) is 31.5. The molecule has 0 amide bonds. The van der Waals surface area contributed by atoms with Crippen LogP contribution in [0, 0.1) is 0 Å². The highest BCUT2D eigenvalue weighted by Crippen LogP contribution is 2.66. The van der Waals surface area contributed by atoms with Gasteiger partial charge >= 0.3 is 0 Å². The zero-order valence-electron chi connectivity index (χ0n) is 52.7. The molecule has 0 atom stereocenters. The first kappa shape index (κ1) is 54.0. The van der Waals surface area contributed by atoms with Crippen LogP contribution in [-0.4, -0.2) is 4.57 Å². The molecule has 4 nitrogen and oxygen atoms in total. The van der Waals surface area contributed by atoms with E-state index in [1.165, 1.54) is 111 Å². The number of aromatic nitrogens is 1. The summed E-state index contributed by atoms with van der Waals surface area (Å²) in [6.45, 7) is 27.8. The van der Waals surface area contributed by atoms with Gasteiger partial charge in [-0.2, -0.15) is 0 Å². The van der Waals surface area contributed by atoms with Gasteiger partial charge in [-0.25, -0.2) is 0 Å². The number of ether oxygens (including phenoxy) is 2. The standard InChI is InChI=1S/C84H74N2O2/c1-79(2,3)51-32-40-75-69(44-51)83(70-45-52(80(4,5)6)33-41-76(70)87-75)65-28-17-13-24-59(65)61-38-36-57(49-67(61)83)85(55-22-21-23-56(48-55)86-73-30-19-15-26-63(73)64-27-16-20-31-74(64)86)58-37-39-62-60-25-14-18-29-66(60)84(68(62)50-58)71-46-53(81(7,8)9)34-42-77(71)88-78-43-35-54(47-72(78)84)82(10,11)12/h13-50H,1-12H3. The average molecular weight is 1140 g/mol. The van der Waals surface area contributed by atoms with Gasteiger partial charge in [-0.05, 0) is 192 Å². The van der Waals surface area contributed by atoms with Gasteiger partial charge in [-0.15, -0.1) is 0 Å². The number of hydrogen-bond donors (Lipinski definition) is 0. The monoisotopic (exact) mass is 1140 g/mol. The Morgan fingerprint density at radius 1 is 0.284 bits per heavy atom. The summed E-state index contributed by atoms with van der Waals surface area (Å²) in [7, 11) is 0. The minimum absolute atomic E-state index is 0.122. The van der Waals surface area contributed by atoms with Crippen molar-refractivity contribution < 1.29 is 9.47 Å². The highest BCUT2D eigenvalue weighted by Gasteiger charge is 2.54. The fraction of sp³-hybridized carbons (Fsp3) is 0.214. The van der Waals surface area contributed by atoms with Crippen molar-refractivity contribution in [3.8, 4) is 50.9 Å². The molecule has 4 heteroatoms. The minimum Gasteiger partial charge on any atom is -0.457 e. The highest BCUT2D eigenvalue weighted by molar-refractivity contribution is 6.09. The predicted octanol–water partition coefficient (Wildman–Crippen LogP) is 22.4. The average Bonchev–Trinajstić information content (AvgIpc) is 1.44. The second-order valence-electron chi connectivity index (χ2n) is 29.3. The summed E-state index contributed by atoms with van der Waals surface area (Å²) in [5.41, 5.74) is 24.3. The fourth-order valence-electron chi connectivity index (χ4n) is 15.4. The molecule has 1 aromatic heterocycles. The first-order chi connectivity index (χ1) is 42.1. The second kappa shape index (κ2) is 18.6. The summed E-state index contributed by atoms with van der Waals surface area (Å²) in [6.07, 6.45) is 0. The molecular formula is C84H74N2O2. The zero-order chi connectivity index (χ0) is 60.6. The maximum atomic E-state index is 7.16. The molecule has 0 radical (unpaired) electrons. The molecule has 0 saturated heterocycles. The molecule has 0 bridgehead atoms. The summed E-state index contributed by atoms with van der Waals surface area (Å²) in [5.74, 6) is 3.55. The largest absolute Gasteiger partial charge is 0.457 e. The number of para-hydroxylation sites is 2. The summed E-state index contributed by atoms with van der Waals surface area (Å²) in [5, 5.41) is 2.46. The molecule has 16 rings (SSSR count). The Morgan fingerprint density at radius 2 is 0.625 bits per heavy atom. The van der Waals surface area contributed by atoms with E-state index in [0.29, 0.717) is 0 Å². The van der Waals surface area contributed by atoms with E-state index in [4.69, 9.17) is 9.47 Å². The molecule has 0 N–H and O–H groups in total. The predicted molar refractivity (Wildman–Crippen MR) is 365 cm³/mol. The summed E-state index contributed by atoms with van der Waals surface area (Å²) in [6, 6.07) is 87.7. The Labute approximate surface area is 518 Å². The van der Waals surface area contributed by atoms with Gasteiger partial charge in [-0.1, -0.05) is 210 Å². The van der Waals surface area contributed by atoms with E-state index in [2.05, 4.69) is 323 Å². The van der Waals surface area contributed by atoms with Crippen LogP contribution >= 0.6 is 0 Å². The third-order valence-electron chi connectivity index (χ3n) is 19.9. The summed E-state index contributed by atoms with van der Waals surface area (Å²) >= 11 is 0. The van der Waals surface area contributed by atoms with E-state index < -0.39 is 10.8 Å². The van der Waals surface area contributed by atoms with Crippen LogP contribution in [0.2, 0.25) is 0 Å². The Morgan fingerprint density at radius 3 is 1.01 bits per heavy atom. The Bertz CT molecular complexity index is 4510. The Kier molecular flexibility index (Phi) is 11.4. The van der Waals surface area contributed by atoms with Crippen molar-refractivity contribution in [1.29, 1.82) is 0 Å². The Balaban J connectivity index is 1.01. The topological polar surface area (TPSA) is 26.6 Å². The third kappa shape index (κ3) is 7.69. The Hall–Kier alpha value is -9.38. The third-order valence-corrected chi connectivity index (χ3v) is 19.9. The van der Waals surface area contributed by atoms with Crippen molar-refractivity contribution in [1.82, 2.24) is 4.57 Å². The van der Waals surface area contributed by atoms with E-state index in [9.17, 15) is 0 Å². The van der Waals surface area contributed by atoms with E-state index in [0.717, 1.165) is 45.7 Å². The zero-order valence-corrected chi connectivity index (χ0v) is 52.7. The molecule has 88 heavy (non-hydrogen) atoms. The van der Waals surface area contributed by atoms with Gasteiger partial charge in [0.1, 0.15) is 23.0 Å². The van der Waals surface area contributed by atoms with Gasteiger partial charge in [0.25, 0.3) is 0 Å². The normalized spacial score (nSPS) is 14.7. The van der Waals surface area contributed by atoms with Crippen LogP contribution in [0.5, 0.6) is 23.0 Å². The van der Waals surface area contributed by atoms with Crippen molar-refractivity contribution in [2.45, 2.75) is 116 Å². The summed E-state index contributed by atoms with van der Waals surface area (Å²) < 4.78 is 16.8. The van der Waals surface area contributed by atoms with E-state index >= 15 is 0 Å². The molecule has 2 aliphatic heterocycles. The van der Waals surface area contributed by atoms with Crippen LogP contribution in [0.25, 0.3) is 49.7 Å². The lowest BCUT2D eigenvalue weighted by atomic mass is 9.64. The van der Waals surface area contributed by atoms with Gasteiger partial charge < -0.3 is 18.9 Å². The number of fused-ring (bicyclic) bond motifs is 21. The van der Waals surface area contributed by atoms with Gasteiger partial charge in [0.2, 0.25) is 0 Å². The molecule has 12 aromatic rings. The molecule has 2 aliphatic carbocycles.